The van der Waals surface area contributed by atoms with Crippen LogP contribution in [-0.2, 0) is 0 Å². The standard InChI is InChI=1S/C25H23N3O/c1-16-8-9-19(14-17(16)2)22-15-24(18-10-12-20(29-3)13-11-18)28-23-7-5-4-6-21(23)26-25(28)27-22/h4-15,24H,1-3H3,(H,26,27)/t24-/m0/s1. The van der Waals surface area contributed by atoms with Gasteiger partial charge in [0.15, 0.2) is 0 Å². The maximum atomic E-state index is 5.35. The van der Waals surface area contributed by atoms with Crippen molar-refractivity contribution < 1.29 is 4.74 Å². The van der Waals surface area contributed by atoms with Crippen molar-refractivity contribution in [1.29, 1.82) is 0 Å². The lowest BCUT2D eigenvalue weighted by atomic mass is 9.99. The summed E-state index contributed by atoms with van der Waals surface area (Å²) in [7, 11) is 1.69. The predicted molar refractivity (Wildman–Crippen MR) is 118 cm³/mol. The molecule has 0 saturated carbocycles. The quantitative estimate of drug-likeness (QED) is 0.493. The fourth-order valence-corrected chi connectivity index (χ4v) is 3.93. The Morgan fingerprint density at radius 3 is 2.48 bits per heavy atom. The molecule has 1 aromatic heterocycles. The van der Waals surface area contributed by atoms with E-state index in [1.807, 2.05) is 18.2 Å². The van der Waals surface area contributed by atoms with Gasteiger partial charge in [-0.2, -0.15) is 0 Å². The molecule has 1 atom stereocenters. The third-order valence-corrected chi connectivity index (χ3v) is 5.72. The average Bonchev–Trinajstić information content (AvgIpc) is 3.13. The van der Waals surface area contributed by atoms with E-state index in [0.717, 1.165) is 28.4 Å². The molecule has 0 radical (unpaired) electrons. The van der Waals surface area contributed by atoms with Crippen LogP contribution in [0.15, 0.2) is 72.8 Å². The number of rotatable bonds is 3. The number of aromatic nitrogens is 2. The van der Waals surface area contributed by atoms with Crippen LogP contribution in [0, 0.1) is 13.8 Å². The van der Waals surface area contributed by atoms with Gasteiger partial charge in [0.2, 0.25) is 5.95 Å². The van der Waals surface area contributed by atoms with E-state index >= 15 is 0 Å². The molecule has 0 saturated heterocycles. The van der Waals surface area contributed by atoms with Gasteiger partial charge in [-0.05, 0) is 72.5 Å². The first-order chi connectivity index (χ1) is 14.1. The molecule has 4 aromatic rings. The normalized spacial score (nSPS) is 15.6. The second kappa shape index (κ2) is 6.82. The summed E-state index contributed by atoms with van der Waals surface area (Å²) in [6.07, 6.45) is 2.28. The number of hydrogen-bond acceptors (Lipinski definition) is 3. The van der Waals surface area contributed by atoms with Crippen LogP contribution < -0.4 is 10.1 Å². The molecule has 0 amide bonds. The van der Waals surface area contributed by atoms with Gasteiger partial charge >= 0.3 is 0 Å². The van der Waals surface area contributed by atoms with Crippen molar-refractivity contribution in [3.8, 4) is 5.75 Å². The van der Waals surface area contributed by atoms with Gasteiger partial charge in [-0.3, -0.25) is 4.57 Å². The van der Waals surface area contributed by atoms with Crippen molar-refractivity contribution in [3.63, 3.8) is 0 Å². The molecular formula is C25H23N3O. The van der Waals surface area contributed by atoms with E-state index in [-0.39, 0.29) is 6.04 Å². The highest BCUT2D eigenvalue weighted by molar-refractivity contribution is 5.85. The summed E-state index contributed by atoms with van der Waals surface area (Å²) in [5, 5.41) is 3.56. The Hall–Kier alpha value is -3.53. The Kier molecular flexibility index (Phi) is 4.13. The summed E-state index contributed by atoms with van der Waals surface area (Å²) >= 11 is 0. The van der Waals surface area contributed by atoms with E-state index in [1.165, 1.54) is 22.3 Å². The highest BCUT2D eigenvalue weighted by Crippen LogP contribution is 2.37. The van der Waals surface area contributed by atoms with Crippen molar-refractivity contribution in [2.45, 2.75) is 19.9 Å². The van der Waals surface area contributed by atoms with Gasteiger partial charge in [-0.25, -0.2) is 4.98 Å². The minimum absolute atomic E-state index is 0.0427. The highest BCUT2D eigenvalue weighted by Gasteiger charge is 2.25. The summed E-state index contributed by atoms with van der Waals surface area (Å²) in [5.41, 5.74) is 8.13. The number of methoxy groups -OCH3 is 1. The first kappa shape index (κ1) is 17.6. The van der Waals surface area contributed by atoms with Crippen molar-refractivity contribution in [2.75, 3.05) is 12.4 Å². The van der Waals surface area contributed by atoms with Gasteiger partial charge in [0, 0.05) is 5.70 Å². The number of hydrogen-bond donors (Lipinski definition) is 1. The third kappa shape index (κ3) is 2.97. The van der Waals surface area contributed by atoms with Gasteiger partial charge in [0.25, 0.3) is 0 Å². The molecule has 2 heterocycles. The molecule has 4 nitrogen and oxygen atoms in total. The van der Waals surface area contributed by atoms with Crippen LogP contribution in [0.2, 0.25) is 0 Å². The Labute approximate surface area is 170 Å². The first-order valence-corrected chi connectivity index (χ1v) is 9.81. The zero-order valence-corrected chi connectivity index (χ0v) is 16.8. The van der Waals surface area contributed by atoms with Crippen molar-refractivity contribution in [3.05, 3.63) is 95.1 Å². The Balaban J connectivity index is 1.69. The fourth-order valence-electron chi connectivity index (χ4n) is 3.93. The van der Waals surface area contributed by atoms with Crippen LogP contribution in [0.4, 0.5) is 5.95 Å². The SMILES string of the molecule is COc1ccc([C@@H]2C=C(c3ccc(C)c(C)c3)Nc3nc4ccccc4n32)cc1. The summed E-state index contributed by atoms with van der Waals surface area (Å²) < 4.78 is 7.61. The molecule has 4 heteroatoms. The van der Waals surface area contributed by atoms with Gasteiger partial charge < -0.3 is 10.1 Å². The molecular weight excluding hydrogens is 358 g/mol. The molecule has 1 aliphatic rings. The summed E-state index contributed by atoms with van der Waals surface area (Å²) in [4.78, 5) is 4.86. The second-order valence-corrected chi connectivity index (χ2v) is 7.52. The molecule has 29 heavy (non-hydrogen) atoms. The number of benzene rings is 3. The van der Waals surface area contributed by atoms with Gasteiger partial charge in [0.05, 0.1) is 24.2 Å². The van der Waals surface area contributed by atoms with E-state index < -0.39 is 0 Å². The Morgan fingerprint density at radius 1 is 0.931 bits per heavy atom. The molecule has 1 N–H and O–H groups in total. The van der Waals surface area contributed by atoms with Crippen LogP contribution in [0.3, 0.4) is 0 Å². The maximum absolute atomic E-state index is 5.35. The molecule has 0 fully saturated rings. The average molecular weight is 381 g/mol. The molecule has 0 bridgehead atoms. The molecule has 3 aromatic carbocycles. The number of imidazole rings is 1. The maximum Gasteiger partial charge on any atom is 0.209 e. The van der Waals surface area contributed by atoms with Crippen molar-refractivity contribution in [2.24, 2.45) is 0 Å². The van der Waals surface area contributed by atoms with Gasteiger partial charge in [-0.1, -0.05) is 36.4 Å². The molecule has 144 valence electrons. The van der Waals surface area contributed by atoms with Gasteiger partial charge in [-0.15, -0.1) is 0 Å². The number of nitrogens with zero attached hydrogens (tertiary/aromatic N) is 2. The molecule has 0 spiro atoms. The number of allylic oxidation sites excluding steroid dienone is 1. The molecule has 5 rings (SSSR count). The summed E-state index contributed by atoms with van der Waals surface area (Å²) in [6, 6.07) is 23.2. The van der Waals surface area contributed by atoms with Gasteiger partial charge in [0.1, 0.15) is 5.75 Å². The smallest absolute Gasteiger partial charge is 0.209 e. The Bertz CT molecular complexity index is 1230. The minimum Gasteiger partial charge on any atom is -0.497 e. The van der Waals surface area contributed by atoms with Crippen LogP contribution in [0.5, 0.6) is 5.75 Å². The number of aryl methyl sites for hydroxylation is 2. The van der Waals surface area contributed by atoms with E-state index in [1.54, 1.807) is 7.11 Å². The van der Waals surface area contributed by atoms with E-state index in [0.29, 0.717) is 0 Å². The predicted octanol–water partition coefficient (Wildman–Crippen LogP) is 5.72. The number of para-hydroxylation sites is 2. The number of anilines is 1. The lowest BCUT2D eigenvalue weighted by molar-refractivity contribution is 0.414. The molecule has 0 unspecified atom stereocenters. The van der Waals surface area contributed by atoms with Crippen LogP contribution in [0.25, 0.3) is 16.7 Å². The lowest BCUT2D eigenvalue weighted by Gasteiger charge is -2.27. The summed E-state index contributed by atoms with van der Waals surface area (Å²) in [5.74, 6) is 1.72. The van der Waals surface area contributed by atoms with E-state index in [9.17, 15) is 0 Å². The second-order valence-electron chi connectivity index (χ2n) is 7.52. The minimum atomic E-state index is 0.0427. The third-order valence-electron chi connectivity index (χ3n) is 5.72. The fraction of sp³-hybridized carbons (Fsp3) is 0.160. The molecule has 1 aliphatic heterocycles. The Morgan fingerprint density at radius 2 is 1.72 bits per heavy atom. The van der Waals surface area contributed by atoms with Crippen LogP contribution in [0.1, 0.15) is 28.3 Å². The number of ether oxygens (including phenoxy) is 1. The van der Waals surface area contributed by atoms with Crippen molar-refractivity contribution in [1.82, 2.24) is 9.55 Å². The monoisotopic (exact) mass is 381 g/mol. The zero-order chi connectivity index (χ0) is 20.0. The van der Waals surface area contributed by atoms with Crippen LogP contribution in [-0.4, -0.2) is 16.7 Å². The molecule has 0 aliphatic carbocycles. The first-order valence-electron chi connectivity index (χ1n) is 9.81. The zero-order valence-electron chi connectivity index (χ0n) is 16.8. The largest absolute Gasteiger partial charge is 0.497 e. The van der Waals surface area contributed by atoms with Crippen LogP contribution >= 0.6 is 0 Å². The van der Waals surface area contributed by atoms with E-state index in [4.69, 9.17) is 9.72 Å². The lowest BCUT2D eigenvalue weighted by Crippen LogP contribution is -2.19. The van der Waals surface area contributed by atoms with E-state index in [2.05, 4.69) is 78.3 Å². The van der Waals surface area contributed by atoms with Crippen molar-refractivity contribution >= 4 is 22.7 Å². The number of nitrogens with one attached hydrogen (secondary N) is 1. The number of fused-ring (bicyclic) bond motifs is 3. The highest BCUT2D eigenvalue weighted by atomic mass is 16.5. The summed E-state index contributed by atoms with van der Waals surface area (Å²) in [6.45, 7) is 4.29. The topological polar surface area (TPSA) is 39.1 Å².